The Bertz CT molecular complexity index is 611. The van der Waals surface area contributed by atoms with Crippen LogP contribution in [0.2, 0.25) is 0 Å². The number of benzene rings is 1. The van der Waals surface area contributed by atoms with Crippen LogP contribution in [0.3, 0.4) is 0 Å². The van der Waals surface area contributed by atoms with Gasteiger partial charge in [0, 0.05) is 12.5 Å². The zero-order valence-electron chi connectivity index (χ0n) is 14.0. The molecule has 1 saturated carbocycles. The summed E-state index contributed by atoms with van der Waals surface area (Å²) < 4.78 is 10.6. The summed E-state index contributed by atoms with van der Waals surface area (Å²) in [7, 11) is 0. The molecule has 6 nitrogen and oxygen atoms in total. The maximum Gasteiger partial charge on any atom is 0.242 e. The fourth-order valence-electron chi connectivity index (χ4n) is 3.15. The number of fused-ring (bicyclic) bond motifs is 1. The van der Waals surface area contributed by atoms with Gasteiger partial charge in [0.05, 0.1) is 0 Å². The average Bonchev–Trinajstić information content (AvgIpc) is 3.08. The zero-order chi connectivity index (χ0) is 16.9. The van der Waals surface area contributed by atoms with Gasteiger partial charge in [-0.3, -0.25) is 9.59 Å². The van der Waals surface area contributed by atoms with Crippen LogP contribution in [0.15, 0.2) is 18.2 Å². The van der Waals surface area contributed by atoms with Gasteiger partial charge in [0.1, 0.15) is 6.04 Å². The van der Waals surface area contributed by atoms with Crippen LogP contribution in [-0.2, 0) is 16.1 Å². The molecular weight excluding hydrogens is 308 g/mol. The first-order valence-corrected chi connectivity index (χ1v) is 8.60. The lowest BCUT2D eigenvalue weighted by molar-refractivity contribution is -0.131. The Morgan fingerprint density at radius 1 is 1.17 bits per heavy atom. The fraction of sp³-hybridized carbons (Fsp3) is 0.556. The maximum absolute atomic E-state index is 12.2. The summed E-state index contributed by atoms with van der Waals surface area (Å²) in [6, 6.07) is 5.04. The topological polar surface area (TPSA) is 76.7 Å². The minimum absolute atomic E-state index is 0.000398. The smallest absolute Gasteiger partial charge is 0.242 e. The monoisotopic (exact) mass is 332 g/mol. The van der Waals surface area contributed by atoms with E-state index >= 15 is 0 Å². The molecule has 0 unspecified atom stereocenters. The lowest BCUT2D eigenvalue weighted by Gasteiger charge is -2.23. The highest BCUT2D eigenvalue weighted by molar-refractivity contribution is 5.88. The number of hydrogen-bond donors (Lipinski definition) is 2. The standard InChI is InChI=1S/C18H24N2O4/c1-12(20-18(22)14-5-3-2-4-6-14)17(21)19-10-13-7-8-15-16(9-13)24-11-23-15/h7-9,12,14H,2-6,10-11H2,1H3,(H,19,21)(H,20,22)/t12-/m0/s1. The molecule has 6 heteroatoms. The van der Waals surface area contributed by atoms with Crippen LogP contribution in [0.1, 0.15) is 44.6 Å². The highest BCUT2D eigenvalue weighted by Crippen LogP contribution is 2.32. The maximum atomic E-state index is 12.2. The highest BCUT2D eigenvalue weighted by atomic mass is 16.7. The summed E-state index contributed by atoms with van der Waals surface area (Å²) in [5, 5.41) is 5.68. The van der Waals surface area contributed by atoms with Crippen molar-refractivity contribution in [3.63, 3.8) is 0 Å². The summed E-state index contributed by atoms with van der Waals surface area (Å²) in [5.74, 6) is 1.29. The van der Waals surface area contributed by atoms with Crippen LogP contribution in [0.25, 0.3) is 0 Å². The van der Waals surface area contributed by atoms with Gasteiger partial charge in [-0.05, 0) is 37.5 Å². The molecule has 24 heavy (non-hydrogen) atoms. The molecule has 1 aromatic rings. The largest absolute Gasteiger partial charge is 0.454 e. The Labute approximate surface area is 141 Å². The third-order valence-corrected chi connectivity index (χ3v) is 4.63. The molecule has 0 aromatic heterocycles. The lowest BCUT2D eigenvalue weighted by Crippen LogP contribution is -2.46. The molecule has 1 aliphatic carbocycles. The Balaban J connectivity index is 1.46. The van der Waals surface area contributed by atoms with E-state index in [0.717, 1.165) is 37.0 Å². The lowest BCUT2D eigenvalue weighted by atomic mass is 9.88. The number of hydrogen-bond acceptors (Lipinski definition) is 4. The van der Waals surface area contributed by atoms with Gasteiger partial charge in [-0.1, -0.05) is 25.3 Å². The number of ether oxygens (including phenoxy) is 2. The molecule has 1 aromatic carbocycles. The number of amides is 2. The fourth-order valence-corrected chi connectivity index (χ4v) is 3.15. The number of rotatable bonds is 5. The van der Waals surface area contributed by atoms with Crippen molar-refractivity contribution in [3.05, 3.63) is 23.8 Å². The van der Waals surface area contributed by atoms with E-state index in [2.05, 4.69) is 10.6 Å². The van der Waals surface area contributed by atoms with E-state index in [0.29, 0.717) is 12.3 Å². The second-order valence-electron chi connectivity index (χ2n) is 6.47. The molecule has 1 heterocycles. The average molecular weight is 332 g/mol. The summed E-state index contributed by atoms with van der Waals surface area (Å²) in [4.78, 5) is 24.4. The Morgan fingerprint density at radius 3 is 2.71 bits per heavy atom. The van der Waals surface area contributed by atoms with E-state index in [4.69, 9.17) is 9.47 Å². The summed E-state index contributed by atoms with van der Waals surface area (Å²) in [6.45, 7) is 2.34. The number of carbonyl (C=O) groups is 2. The number of carbonyl (C=O) groups excluding carboxylic acids is 2. The highest BCUT2D eigenvalue weighted by Gasteiger charge is 2.24. The molecule has 0 spiro atoms. The molecule has 3 rings (SSSR count). The molecule has 0 bridgehead atoms. The molecule has 2 amide bonds. The van der Waals surface area contributed by atoms with E-state index in [1.54, 1.807) is 6.92 Å². The third kappa shape index (κ3) is 3.99. The quantitative estimate of drug-likeness (QED) is 0.866. The minimum atomic E-state index is -0.534. The van der Waals surface area contributed by atoms with Crippen LogP contribution < -0.4 is 20.1 Å². The van der Waals surface area contributed by atoms with Gasteiger partial charge in [0.25, 0.3) is 0 Å². The van der Waals surface area contributed by atoms with Crippen molar-refractivity contribution in [2.24, 2.45) is 5.92 Å². The normalized spacial score (nSPS) is 18.0. The molecule has 2 aliphatic rings. The van der Waals surface area contributed by atoms with E-state index in [9.17, 15) is 9.59 Å². The molecule has 1 fully saturated rings. The van der Waals surface area contributed by atoms with Gasteiger partial charge in [0.2, 0.25) is 18.6 Å². The SMILES string of the molecule is C[C@H](NC(=O)C1CCCCC1)C(=O)NCc1ccc2c(c1)OCO2. The minimum Gasteiger partial charge on any atom is -0.454 e. The predicted molar refractivity (Wildman–Crippen MR) is 88.6 cm³/mol. The van der Waals surface area contributed by atoms with Crippen LogP contribution in [0.4, 0.5) is 0 Å². The first kappa shape index (κ1) is 16.6. The van der Waals surface area contributed by atoms with Gasteiger partial charge >= 0.3 is 0 Å². The van der Waals surface area contributed by atoms with Crippen molar-refractivity contribution < 1.29 is 19.1 Å². The van der Waals surface area contributed by atoms with Gasteiger partial charge in [-0.15, -0.1) is 0 Å². The van der Waals surface area contributed by atoms with Crippen molar-refractivity contribution in [2.45, 2.75) is 51.6 Å². The van der Waals surface area contributed by atoms with Crippen LogP contribution in [0, 0.1) is 5.92 Å². The second-order valence-corrected chi connectivity index (χ2v) is 6.47. The van der Waals surface area contributed by atoms with E-state index in [1.807, 2.05) is 18.2 Å². The second kappa shape index (κ2) is 7.55. The summed E-state index contributed by atoms with van der Waals surface area (Å²) >= 11 is 0. The Hall–Kier alpha value is -2.24. The van der Waals surface area contributed by atoms with E-state index < -0.39 is 6.04 Å². The first-order chi connectivity index (χ1) is 11.6. The molecular formula is C18H24N2O4. The third-order valence-electron chi connectivity index (χ3n) is 4.63. The molecule has 0 radical (unpaired) electrons. The molecule has 1 aliphatic heterocycles. The van der Waals surface area contributed by atoms with Gasteiger partial charge in [-0.2, -0.15) is 0 Å². The summed E-state index contributed by atoms with van der Waals surface area (Å²) in [6.07, 6.45) is 5.26. The number of nitrogens with one attached hydrogen (secondary N) is 2. The Morgan fingerprint density at radius 2 is 1.92 bits per heavy atom. The van der Waals surface area contributed by atoms with E-state index in [-0.39, 0.29) is 24.5 Å². The molecule has 130 valence electrons. The van der Waals surface area contributed by atoms with Crippen molar-refractivity contribution >= 4 is 11.8 Å². The van der Waals surface area contributed by atoms with Gasteiger partial charge < -0.3 is 20.1 Å². The molecule has 2 N–H and O–H groups in total. The van der Waals surface area contributed by atoms with Crippen molar-refractivity contribution in [1.82, 2.24) is 10.6 Å². The van der Waals surface area contributed by atoms with Crippen LogP contribution in [-0.4, -0.2) is 24.6 Å². The van der Waals surface area contributed by atoms with Gasteiger partial charge in [0.15, 0.2) is 11.5 Å². The molecule has 1 atom stereocenters. The van der Waals surface area contributed by atoms with Crippen LogP contribution >= 0.6 is 0 Å². The van der Waals surface area contributed by atoms with Gasteiger partial charge in [-0.25, -0.2) is 0 Å². The van der Waals surface area contributed by atoms with Crippen molar-refractivity contribution in [3.8, 4) is 11.5 Å². The van der Waals surface area contributed by atoms with E-state index in [1.165, 1.54) is 6.42 Å². The van der Waals surface area contributed by atoms with Crippen molar-refractivity contribution in [1.29, 1.82) is 0 Å². The molecule has 0 saturated heterocycles. The Kier molecular flexibility index (Phi) is 5.23. The first-order valence-electron chi connectivity index (χ1n) is 8.60. The summed E-state index contributed by atoms with van der Waals surface area (Å²) in [5.41, 5.74) is 0.929. The van der Waals surface area contributed by atoms with Crippen LogP contribution in [0.5, 0.6) is 11.5 Å². The van der Waals surface area contributed by atoms with Crippen molar-refractivity contribution in [2.75, 3.05) is 6.79 Å². The predicted octanol–water partition coefficient (Wildman–Crippen LogP) is 2.12. The zero-order valence-corrected chi connectivity index (χ0v) is 14.0.